The van der Waals surface area contributed by atoms with Crippen LogP contribution in [0.2, 0.25) is 0 Å². The van der Waals surface area contributed by atoms with Crippen molar-refractivity contribution in [1.82, 2.24) is 9.97 Å². The average molecular weight is 366 g/mol. The molecule has 0 aliphatic rings. The van der Waals surface area contributed by atoms with Crippen LogP contribution < -0.4 is 0 Å². The van der Waals surface area contributed by atoms with Gasteiger partial charge in [-0.3, -0.25) is 0 Å². The van der Waals surface area contributed by atoms with Crippen molar-refractivity contribution in [3.05, 3.63) is 101 Å². The van der Waals surface area contributed by atoms with Crippen LogP contribution in [0.3, 0.4) is 0 Å². The van der Waals surface area contributed by atoms with Crippen molar-refractivity contribution in [2.45, 2.75) is 19.8 Å². The summed E-state index contributed by atoms with van der Waals surface area (Å²) in [4.78, 5) is 7.07. The molecule has 0 fully saturated rings. The molecule has 0 aliphatic carbocycles. The summed E-state index contributed by atoms with van der Waals surface area (Å²) in [6, 6.07) is 24.5. The molecule has 3 N–H and O–H groups in total. The van der Waals surface area contributed by atoms with Crippen LogP contribution in [0.4, 0.5) is 0 Å². The second-order valence-electron chi connectivity index (χ2n) is 7.41. The van der Waals surface area contributed by atoms with E-state index in [1.54, 1.807) is 6.07 Å². The summed E-state index contributed by atoms with van der Waals surface area (Å²) >= 11 is 0. The van der Waals surface area contributed by atoms with Crippen molar-refractivity contribution in [2.24, 2.45) is 0 Å². The summed E-state index contributed by atoms with van der Waals surface area (Å²) in [6.07, 6.45) is 0. The molecule has 0 spiro atoms. The molecule has 2 heterocycles. The van der Waals surface area contributed by atoms with Gasteiger partial charge in [-0.1, -0.05) is 54.6 Å². The number of fused-ring (bicyclic) bond motifs is 2. The Morgan fingerprint density at radius 3 is 1.64 bits per heavy atom. The minimum absolute atomic E-state index is 0.0755. The van der Waals surface area contributed by atoms with Gasteiger partial charge in [0.05, 0.1) is 0 Å². The van der Waals surface area contributed by atoms with Crippen LogP contribution in [0.5, 0.6) is 5.75 Å². The van der Waals surface area contributed by atoms with E-state index < -0.39 is 0 Å². The smallest absolute Gasteiger partial charge is 0.119 e. The molecular formula is C25H22N2O. The van der Waals surface area contributed by atoms with Crippen molar-refractivity contribution in [3.63, 3.8) is 0 Å². The van der Waals surface area contributed by atoms with Gasteiger partial charge in [-0.15, -0.1) is 0 Å². The van der Waals surface area contributed by atoms with E-state index >= 15 is 0 Å². The standard InChI is InChI=1S/C25H22N2O/c1-15-23(17-9-3-6-12-20(17)26-15)25(19-11-5-8-14-22(19)28)24-16(2)27-21-13-7-4-10-18(21)24/h3-14,25-28H,1-2H3. The molecule has 3 heteroatoms. The quantitative estimate of drug-likeness (QED) is 0.352. The Bertz CT molecular complexity index is 1230. The van der Waals surface area contributed by atoms with Crippen molar-refractivity contribution in [1.29, 1.82) is 0 Å². The van der Waals surface area contributed by atoms with E-state index in [0.717, 1.165) is 28.0 Å². The van der Waals surface area contributed by atoms with Gasteiger partial charge in [0.1, 0.15) is 5.75 Å². The van der Waals surface area contributed by atoms with Gasteiger partial charge in [-0.25, -0.2) is 0 Å². The molecule has 0 saturated carbocycles. The van der Waals surface area contributed by atoms with E-state index in [1.165, 1.54) is 21.9 Å². The second-order valence-corrected chi connectivity index (χ2v) is 7.41. The number of aromatic amines is 2. The van der Waals surface area contributed by atoms with Crippen LogP contribution in [0, 0.1) is 13.8 Å². The number of nitrogens with one attached hydrogen (secondary N) is 2. The first kappa shape index (κ1) is 16.7. The first-order valence-corrected chi connectivity index (χ1v) is 9.57. The Kier molecular flexibility index (Phi) is 3.76. The van der Waals surface area contributed by atoms with Crippen LogP contribution in [-0.4, -0.2) is 15.1 Å². The van der Waals surface area contributed by atoms with Crippen LogP contribution in [0.1, 0.15) is 34.0 Å². The summed E-state index contributed by atoms with van der Waals surface area (Å²) in [5.41, 5.74) is 7.83. The molecule has 0 radical (unpaired) electrons. The molecule has 0 saturated heterocycles. The lowest BCUT2D eigenvalue weighted by molar-refractivity contribution is 0.467. The third-order valence-corrected chi connectivity index (χ3v) is 5.71. The molecule has 28 heavy (non-hydrogen) atoms. The maximum absolute atomic E-state index is 10.8. The highest BCUT2D eigenvalue weighted by molar-refractivity contribution is 5.91. The highest BCUT2D eigenvalue weighted by Crippen LogP contribution is 2.44. The Morgan fingerprint density at radius 2 is 1.11 bits per heavy atom. The molecular weight excluding hydrogens is 344 g/mol. The minimum Gasteiger partial charge on any atom is -0.508 e. The number of hydrogen-bond acceptors (Lipinski definition) is 1. The molecule has 2 aromatic heterocycles. The number of para-hydroxylation sites is 3. The molecule has 3 nitrogen and oxygen atoms in total. The number of aromatic hydroxyl groups is 1. The van der Waals surface area contributed by atoms with Gasteiger partial charge in [0, 0.05) is 44.7 Å². The van der Waals surface area contributed by atoms with Gasteiger partial charge in [0.15, 0.2) is 0 Å². The Morgan fingerprint density at radius 1 is 0.643 bits per heavy atom. The lowest BCUT2D eigenvalue weighted by atomic mass is 9.82. The van der Waals surface area contributed by atoms with Crippen LogP contribution in [0.15, 0.2) is 72.8 Å². The van der Waals surface area contributed by atoms with Gasteiger partial charge >= 0.3 is 0 Å². The first-order valence-electron chi connectivity index (χ1n) is 9.57. The molecule has 0 aliphatic heterocycles. The molecule has 0 atom stereocenters. The SMILES string of the molecule is Cc1[nH]c2ccccc2c1C(c1ccccc1O)c1c(C)[nH]c2ccccc12. The van der Waals surface area contributed by atoms with Crippen LogP contribution >= 0.6 is 0 Å². The molecule has 5 aromatic rings. The van der Waals surface area contributed by atoms with Crippen LogP contribution in [0.25, 0.3) is 21.8 Å². The van der Waals surface area contributed by atoms with Gasteiger partial charge < -0.3 is 15.1 Å². The molecule has 0 unspecified atom stereocenters. The molecule has 5 rings (SSSR count). The van der Waals surface area contributed by atoms with Gasteiger partial charge in [-0.2, -0.15) is 0 Å². The van der Waals surface area contributed by atoms with E-state index in [4.69, 9.17) is 0 Å². The molecule has 3 aromatic carbocycles. The number of rotatable bonds is 3. The summed E-state index contributed by atoms with van der Waals surface area (Å²) in [5.74, 6) is 0.246. The third-order valence-electron chi connectivity index (χ3n) is 5.71. The fourth-order valence-corrected chi connectivity index (χ4v) is 4.53. The van der Waals surface area contributed by atoms with E-state index in [1.807, 2.05) is 30.3 Å². The largest absolute Gasteiger partial charge is 0.508 e. The Balaban J connectivity index is 1.90. The summed E-state index contributed by atoms with van der Waals surface area (Å²) in [6.45, 7) is 4.24. The van der Waals surface area contributed by atoms with Gasteiger partial charge in [-0.05, 0) is 43.2 Å². The van der Waals surface area contributed by atoms with E-state index in [0.29, 0.717) is 5.75 Å². The fraction of sp³-hybridized carbons (Fsp3) is 0.120. The second kappa shape index (κ2) is 6.31. The highest BCUT2D eigenvalue weighted by atomic mass is 16.3. The predicted molar refractivity (Wildman–Crippen MR) is 115 cm³/mol. The molecule has 0 bridgehead atoms. The highest BCUT2D eigenvalue weighted by Gasteiger charge is 2.28. The lowest BCUT2D eigenvalue weighted by Gasteiger charge is -2.21. The maximum Gasteiger partial charge on any atom is 0.119 e. The van der Waals surface area contributed by atoms with E-state index in [-0.39, 0.29) is 5.92 Å². The maximum atomic E-state index is 10.8. The number of aryl methyl sites for hydroxylation is 2. The number of H-pyrrole nitrogens is 2. The summed E-state index contributed by atoms with van der Waals surface area (Å²) in [7, 11) is 0. The van der Waals surface area contributed by atoms with Crippen molar-refractivity contribution in [3.8, 4) is 5.75 Å². The number of phenols is 1. The topological polar surface area (TPSA) is 51.8 Å². The van der Waals surface area contributed by atoms with Gasteiger partial charge in [0.2, 0.25) is 0 Å². The molecule has 138 valence electrons. The monoisotopic (exact) mass is 366 g/mol. The molecule has 0 amide bonds. The predicted octanol–water partition coefficient (Wildman–Crippen LogP) is 6.15. The van der Waals surface area contributed by atoms with Crippen molar-refractivity contribution >= 4 is 21.8 Å². The van der Waals surface area contributed by atoms with Gasteiger partial charge in [0.25, 0.3) is 0 Å². The normalized spacial score (nSPS) is 11.7. The Hall–Kier alpha value is -3.46. The number of benzene rings is 3. The van der Waals surface area contributed by atoms with E-state index in [9.17, 15) is 5.11 Å². The van der Waals surface area contributed by atoms with Crippen molar-refractivity contribution in [2.75, 3.05) is 0 Å². The zero-order valence-electron chi connectivity index (χ0n) is 16.0. The van der Waals surface area contributed by atoms with Crippen molar-refractivity contribution < 1.29 is 5.11 Å². The minimum atomic E-state index is -0.0755. The Labute approximate surface area is 163 Å². The third kappa shape index (κ3) is 2.43. The number of aromatic nitrogens is 2. The average Bonchev–Trinajstić information content (AvgIpc) is 3.20. The zero-order chi connectivity index (χ0) is 19.3. The summed E-state index contributed by atoms with van der Waals surface area (Å²) < 4.78 is 0. The fourth-order valence-electron chi connectivity index (χ4n) is 4.53. The number of hydrogen-bond donors (Lipinski definition) is 3. The summed E-state index contributed by atoms with van der Waals surface area (Å²) in [5, 5.41) is 13.2. The lowest BCUT2D eigenvalue weighted by Crippen LogP contribution is -2.06. The zero-order valence-corrected chi connectivity index (χ0v) is 16.0. The first-order chi connectivity index (χ1) is 13.6. The van der Waals surface area contributed by atoms with E-state index in [2.05, 4.69) is 60.2 Å². The number of phenolic OH excluding ortho intramolecular Hbond substituents is 1. The van der Waals surface area contributed by atoms with Crippen LogP contribution in [-0.2, 0) is 0 Å².